The molecule has 20 nitrogen and oxygen atoms in total. The molecule has 8 aliphatic heterocycles. The number of ketones is 2. The van der Waals surface area contributed by atoms with E-state index in [1.807, 2.05) is 81.4 Å². The number of aromatic hydroxyl groups is 12. The lowest BCUT2D eigenvalue weighted by atomic mass is 9.80. The molecular formula is C108H114O20S12. The molecule has 0 aromatic heterocycles. The number of Topliss-reactive ketones (excluding diaryl/α,β-unsaturated/α-hetero) is 2. The minimum atomic E-state index is -0.874. The van der Waals surface area contributed by atoms with Gasteiger partial charge in [0.15, 0.2) is 56.9 Å². The van der Waals surface area contributed by atoms with Crippen molar-refractivity contribution in [2.24, 2.45) is 5.92 Å². The summed E-state index contributed by atoms with van der Waals surface area (Å²) in [6, 6.07) is 8.04. The molecule has 9 aromatic rings. The molecule has 6 saturated heterocycles. The van der Waals surface area contributed by atoms with E-state index in [1.165, 1.54) is 60.9 Å². The van der Waals surface area contributed by atoms with E-state index in [9.17, 15) is 90.0 Å². The number of carbonyl (C=O) groups excluding carboxylic acids is 2. The Kier molecular flexibility index (Phi) is 28.6. The fourth-order valence-electron chi connectivity index (χ4n) is 21.9. The number of phenolic OH excluding ortho intramolecular Hbond substituents is 12. The molecule has 9 aromatic carbocycles. The Morgan fingerprint density at radius 1 is 0.300 bits per heavy atom. The van der Waals surface area contributed by atoms with Gasteiger partial charge in [0, 0.05) is 132 Å². The number of aryl methyl sites for hydroxylation is 4. The van der Waals surface area contributed by atoms with Gasteiger partial charge < -0.3 is 70.8 Å². The third-order valence-corrected chi connectivity index (χ3v) is 45.1. The minimum Gasteiger partial charge on any atom is -0.507 e. The van der Waals surface area contributed by atoms with Crippen molar-refractivity contribution in [3.8, 4) is 114 Å². The van der Waals surface area contributed by atoms with Crippen LogP contribution in [0.3, 0.4) is 0 Å². The van der Waals surface area contributed by atoms with Gasteiger partial charge in [-0.15, -0.1) is 94.1 Å². The van der Waals surface area contributed by atoms with Crippen molar-refractivity contribution in [3.63, 3.8) is 0 Å². The fourth-order valence-corrected chi connectivity index (χ4v) is 39.3. The topological polar surface area (TPSA) is 364 Å². The average molecular weight is 2120 g/mol. The second kappa shape index (κ2) is 39.2. The van der Waals surface area contributed by atoms with Crippen molar-refractivity contribution in [3.05, 3.63) is 179 Å². The average Bonchev–Trinajstić information content (AvgIpc) is 1.51. The second-order valence-corrected chi connectivity index (χ2v) is 55.0. The summed E-state index contributed by atoms with van der Waals surface area (Å²) in [6.45, 7) is 33.6. The van der Waals surface area contributed by atoms with Gasteiger partial charge in [-0.2, -0.15) is 0 Å². The molecule has 0 saturated carbocycles. The monoisotopic (exact) mass is 2110 g/mol. The maximum atomic E-state index is 14.9. The van der Waals surface area contributed by atoms with E-state index < -0.39 is 68.4 Å². The minimum absolute atomic E-state index is 0.0132. The summed E-state index contributed by atoms with van der Waals surface area (Å²) in [6.07, 6.45) is 5.92. The van der Waals surface area contributed by atoms with Gasteiger partial charge in [-0.3, -0.25) is 28.8 Å². The molecule has 32 heteroatoms. The number of carbonyl (C=O) groups is 2. The molecule has 12 N–H and O–H groups in total. The number of phenols is 12. The summed E-state index contributed by atoms with van der Waals surface area (Å²) in [4.78, 5) is 84.1. The number of allylic oxidation sites excluding steroid dienone is 1. The van der Waals surface area contributed by atoms with Gasteiger partial charge >= 0.3 is 0 Å². The van der Waals surface area contributed by atoms with E-state index in [2.05, 4.69) is 26.0 Å². The van der Waals surface area contributed by atoms with E-state index in [4.69, 9.17) is 9.47 Å². The number of hydrogen-bond acceptors (Lipinski definition) is 32. The standard InChI is InChI=1S/C36H38O8S4.2C36H38O6S4/c1-13(2)17-21-23(25(33(43)31(17)41)35-45-9-7-10-46-35)29(39)19(15(5)27(21)37)20-16(6)28(38)22-18(14(3)4)32(42)34(44)26(24(22)30(20)40)36-47-11-8-12-48-36;1-15(2)21-19-13-17(5)23(33-25(19)27(31(39)29(21)37)35(41-33)43-9-7-10-44-35)24-18(6)14-20-22(16(3)4)30(38)32(40)28-26(20)34(24)42-36(28)45-11-8-12-46-36;1-15(2)21-19-13-17(5)23(29(37)25(19)27(33(41)31(21)39)35-43-9-7-10-44-35)24-18(6)14-20-22(16(3)4)32(40)34(42)28(26(20)30(24)38)36-45-11-8-12-46-36/h13-14,35-37,39,41,43H,7-12H2,1-6H3;13-16,37-40H,7-12H2,1-6H3;13-16,37-39,41H,7-12H2,1-6H3. The number of fused-ring (bicyclic) bond motifs is 6. The van der Waals surface area contributed by atoms with Gasteiger partial charge in [0.1, 0.15) is 34.5 Å². The predicted octanol–water partition coefficient (Wildman–Crippen LogP) is 24.6. The molecule has 0 atom stereocenters. The molecule has 11 aliphatic rings. The maximum absolute atomic E-state index is 14.9. The van der Waals surface area contributed by atoms with Crippen LogP contribution in [0.4, 0.5) is 0 Å². The van der Waals surface area contributed by atoms with Gasteiger partial charge in [0.25, 0.3) is 0 Å². The Morgan fingerprint density at radius 3 is 1.17 bits per heavy atom. The third-order valence-electron chi connectivity index (χ3n) is 27.9. The highest BCUT2D eigenvalue weighted by Gasteiger charge is 2.54. The lowest BCUT2D eigenvalue weighted by Crippen LogP contribution is -2.39. The Morgan fingerprint density at radius 2 is 0.707 bits per heavy atom. The number of rotatable bonds is 10. The van der Waals surface area contributed by atoms with Crippen molar-refractivity contribution in [1.29, 1.82) is 0 Å². The molecule has 738 valence electrons. The van der Waals surface area contributed by atoms with E-state index in [0.717, 1.165) is 160 Å². The smallest absolute Gasteiger partial charge is 0.235 e. The molecule has 140 heavy (non-hydrogen) atoms. The van der Waals surface area contributed by atoms with E-state index >= 15 is 0 Å². The Labute approximate surface area is 862 Å². The molecule has 20 rings (SSSR count). The van der Waals surface area contributed by atoms with Crippen LogP contribution in [-0.4, -0.2) is 142 Å². The Hall–Kier alpha value is -7.86. The van der Waals surface area contributed by atoms with Crippen molar-refractivity contribution < 1.29 is 80.3 Å². The largest absolute Gasteiger partial charge is 0.507 e. The van der Waals surface area contributed by atoms with Crippen molar-refractivity contribution in [2.75, 3.05) is 69.0 Å². The molecule has 0 radical (unpaired) electrons. The summed E-state index contributed by atoms with van der Waals surface area (Å²) in [5.41, 5.74) is 6.68. The highest BCUT2D eigenvalue weighted by Crippen LogP contribution is 2.71. The number of ether oxygens (including phenoxy) is 2. The van der Waals surface area contributed by atoms with Crippen LogP contribution in [-0.2, 0) is 18.1 Å². The van der Waals surface area contributed by atoms with Crippen LogP contribution in [0.2, 0.25) is 0 Å². The summed E-state index contributed by atoms with van der Waals surface area (Å²) in [5, 5.41) is 147. The van der Waals surface area contributed by atoms with Gasteiger partial charge in [-0.25, -0.2) is 0 Å². The zero-order valence-electron chi connectivity index (χ0n) is 81.2. The SMILES string of the molecule is Cc1c(-c2c(C)c(=O)c3c(C(C)C)c(=O)c(=O)c(C4SCCCS4)c-3c2=O)c(O)c2c(C3SCCCS3)c(O)c(O)c(C(C)C)c2c1O.Cc1cc2c(C(C)C)c(O)c(O)c3c2c(c1-c1c(C)cc2c(C(C)C)c(O)c(O)c4c2c1OC41SCCCS1)OC31SCCCS1.Cc1cc2c(c(O)c1=c1c(C)cc3c(C(C)C)c(O)c(O)c(=C4SCCCS4)c3c1O)C(=C1SCCCS1)C(=O)C(=O)C=2C(C)C. The first-order valence-corrected chi connectivity index (χ1v) is 59.6. The predicted molar refractivity (Wildman–Crippen MR) is 592 cm³/mol. The summed E-state index contributed by atoms with van der Waals surface area (Å²) in [5.74, 6) is 6.29. The zero-order chi connectivity index (χ0) is 101. The fraction of sp³-hybridized carbons (Fsp3) is 0.426. The normalized spacial score (nSPS) is 18.0. The molecule has 0 unspecified atom stereocenters. The summed E-state index contributed by atoms with van der Waals surface area (Å²) in [7, 11) is 0. The van der Waals surface area contributed by atoms with Crippen LogP contribution in [0.15, 0.2) is 47.7 Å². The van der Waals surface area contributed by atoms with Gasteiger partial charge in [0.05, 0.1) is 39.6 Å². The van der Waals surface area contributed by atoms with Crippen LogP contribution >= 0.6 is 141 Å². The quantitative estimate of drug-likeness (QED) is 0.0262. The first-order valence-electron chi connectivity index (χ1n) is 47.6. The maximum Gasteiger partial charge on any atom is 0.235 e. The first kappa shape index (κ1) is 102. The van der Waals surface area contributed by atoms with Crippen molar-refractivity contribution in [1.82, 2.24) is 0 Å². The van der Waals surface area contributed by atoms with Crippen molar-refractivity contribution in [2.45, 2.75) is 210 Å². The molecule has 3 aliphatic carbocycles. The third kappa shape index (κ3) is 16.2. The van der Waals surface area contributed by atoms with Crippen LogP contribution in [0, 0.1) is 57.9 Å². The van der Waals surface area contributed by atoms with E-state index in [1.54, 1.807) is 122 Å². The molecule has 0 bridgehead atoms. The molecule has 6 fully saturated rings. The van der Waals surface area contributed by atoms with E-state index in [0.29, 0.717) is 93.2 Å². The molecule has 2 spiro atoms. The number of hydrogen-bond donors (Lipinski definition) is 12. The Bertz CT molecular complexity index is 7520. The zero-order valence-corrected chi connectivity index (χ0v) is 91.0. The van der Waals surface area contributed by atoms with Crippen LogP contribution in [0.25, 0.3) is 91.9 Å². The van der Waals surface area contributed by atoms with Gasteiger partial charge in [0.2, 0.25) is 31.0 Å². The lowest BCUT2D eigenvalue weighted by molar-refractivity contribution is -0.130. The van der Waals surface area contributed by atoms with Crippen molar-refractivity contribution >= 4 is 211 Å². The molecular weight excluding hydrogens is 2000 g/mol. The molecule has 8 heterocycles. The summed E-state index contributed by atoms with van der Waals surface area (Å²) < 4.78 is 13.1. The van der Waals surface area contributed by atoms with Gasteiger partial charge in [-0.05, 0) is 228 Å². The van der Waals surface area contributed by atoms with Gasteiger partial charge in [-0.1, -0.05) is 154 Å². The summed E-state index contributed by atoms with van der Waals surface area (Å²) >= 11 is 19.0. The second-order valence-electron chi connectivity index (χ2n) is 39.0. The highest BCUT2D eigenvalue weighted by atomic mass is 32.2. The first-order chi connectivity index (χ1) is 66.5. The van der Waals surface area contributed by atoms with Crippen LogP contribution < -0.4 is 41.6 Å². The van der Waals surface area contributed by atoms with Crippen LogP contribution in [0.1, 0.15) is 249 Å². The number of benzene rings is 11. The molecule has 0 amide bonds. The Balaban J connectivity index is 0.000000139. The van der Waals surface area contributed by atoms with Crippen LogP contribution in [0.5, 0.6) is 80.5 Å². The van der Waals surface area contributed by atoms with E-state index in [-0.39, 0.29) is 159 Å². The number of thioether (sulfide) groups is 12. The lowest BCUT2D eigenvalue weighted by Gasteiger charge is -2.33. The highest BCUT2D eigenvalue weighted by molar-refractivity contribution is 8.30.